The lowest BCUT2D eigenvalue weighted by Gasteiger charge is -2.20. The standard InChI is InChI=1S/C27H30F2N6O3S/c1-34(2)17-7-8-35(14-17)27(37)32-24-11-18(13-30-24)38-23-6-4-16(10-22(23)29)31-26(39)33-25(36)12-21-19-5-3-15(28)9-20(19)21/h3-6,9-11,13,17,19-21,30H,7-8,12,14H2,1-2H3,(H,32,37)(H2,31,33,36,39)/p-1. The van der Waals surface area contributed by atoms with Gasteiger partial charge in [-0.3, -0.25) is 15.1 Å². The minimum atomic E-state index is -0.674. The number of benzene rings is 1. The van der Waals surface area contributed by atoms with E-state index >= 15 is 0 Å². The van der Waals surface area contributed by atoms with E-state index in [0.717, 1.165) is 12.5 Å². The van der Waals surface area contributed by atoms with Crippen molar-refractivity contribution in [2.75, 3.05) is 32.5 Å². The van der Waals surface area contributed by atoms with Gasteiger partial charge in [0.05, 0.1) is 5.69 Å². The Kier molecular flexibility index (Phi) is 7.67. The van der Waals surface area contributed by atoms with E-state index in [4.69, 9.17) is 17.4 Å². The number of ether oxygens (including phenoxy) is 1. The number of amidine groups is 1. The van der Waals surface area contributed by atoms with Crippen LogP contribution in [0.25, 0.3) is 0 Å². The summed E-state index contributed by atoms with van der Waals surface area (Å²) in [7, 11) is 3.99. The molecule has 2 heterocycles. The number of fused-ring (bicyclic) bond motifs is 1. The third-order valence-corrected chi connectivity index (χ3v) is 7.44. The lowest BCUT2D eigenvalue weighted by atomic mass is 10.2. The second kappa shape index (κ2) is 11.1. The molecule has 2 aliphatic carbocycles. The summed E-state index contributed by atoms with van der Waals surface area (Å²) in [4.78, 5) is 35.7. The van der Waals surface area contributed by atoms with E-state index in [1.54, 1.807) is 17.0 Å². The van der Waals surface area contributed by atoms with Gasteiger partial charge in [-0.25, -0.2) is 13.6 Å². The number of aromatic amines is 1. The number of hydrogen-bond acceptors (Lipinski definition) is 6. The van der Waals surface area contributed by atoms with Crippen molar-refractivity contribution in [3.8, 4) is 11.5 Å². The first-order chi connectivity index (χ1) is 18.7. The third-order valence-electron chi connectivity index (χ3n) is 7.24. The minimum absolute atomic E-state index is 0.0428. The van der Waals surface area contributed by atoms with Crippen molar-refractivity contribution in [2.45, 2.75) is 18.9 Å². The molecule has 3 N–H and O–H groups in total. The van der Waals surface area contributed by atoms with Gasteiger partial charge in [-0.2, -0.15) is 0 Å². The van der Waals surface area contributed by atoms with Gasteiger partial charge in [-0.1, -0.05) is 6.08 Å². The molecule has 206 valence electrons. The van der Waals surface area contributed by atoms with Crippen LogP contribution in [-0.2, 0) is 17.4 Å². The smallest absolute Gasteiger partial charge is 0.323 e. The maximum Gasteiger partial charge on any atom is 0.323 e. The zero-order chi connectivity index (χ0) is 27.7. The predicted octanol–water partition coefficient (Wildman–Crippen LogP) is 4.44. The average Bonchev–Trinajstić information content (AvgIpc) is 3.22. The summed E-state index contributed by atoms with van der Waals surface area (Å²) in [6, 6.07) is 5.73. The lowest BCUT2D eigenvalue weighted by molar-refractivity contribution is -0.120. The quantitative estimate of drug-likeness (QED) is 0.266. The minimum Gasteiger partial charge on any atom is -0.742 e. The van der Waals surface area contributed by atoms with E-state index < -0.39 is 5.82 Å². The van der Waals surface area contributed by atoms with Gasteiger partial charge >= 0.3 is 6.03 Å². The number of urea groups is 1. The molecular weight excluding hydrogens is 526 g/mol. The molecule has 3 amide bonds. The zero-order valence-electron chi connectivity index (χ0n) is 21.5. The van der Waals surface area contributed by atoms with Gasteiger partial charge in [0.1, 0.15) is 17.4 Å². The first kappa shape index (κ1) is 26.8. The number of allylic oxidation sites excluding steroid dienone is 4. The number of nitrogens with zero attached hydrogens (tertiary/aromatic N) is 3. The molecule has 39 heavy (non-hydrogen) atoms. The number of anilines is 1. The highest BCUT2D eigenvalue weighted by Crippen LogP contribution is 2.53. The first-order valence-electron chi connectivity index (χ1n) is 12.7. The molecule has 3 aliphatic rings. The maximum atomic E-state index is 14.7. The summed E-state index contributed by atoms with van der Waals surface area (Å²) in [5.41, 5.74) is 0.210. The summed E-state index contributed by atoms with van der Waals surface area (Å²) >= 11 is 5.13. The van der Waals surface area contributed by atoms with Gasteiger partial charge in [-0.05, 0) is 67.7 Å². The molecule has 12 heteroatoms. The summed E-state index contributed by atoms with van der Waals surface area (Å²) in [6.45, 7) is 1.32. The predicted molar refractivity (Wildman–Crippen MR) is 146 cm³/mol. The van der Waals surface area contributed by atoms with E-state index in [2.05, 4.69) is 25.5 Å². The van der Waals surface area contributed by atoms with Gasteiger partial charge < -0.3 is 37.5 Å². The molecule has 0 bridgehead atoms. The summed E-state index contributed by atoms with van der Waals surface area (Å²) in [5.74, 6) is -0.304. The topological polar surface area (TPSA) is 102 Å². The second-order valence-corrected chi connectivity index (χ2v) is 10.5. The molecule has 1 saturated heterocycles. The summed E-state index contributed by atoms with van der Waals surface area (Å²) < 4.78 is 33.6. The number of likely N-dealkylation sites (tertiary alicyclic amines) is 1. The number of nitrogens with one attached hydrogen (secondary N) is 3. The SMILES string of the molecule is CN(C)C1CCN(C(=O)Nc2cc(Oc3ccc(N=C([S-])NC(=O)CC4C5C=CC(F)=CC54)cc3F)c[nH]2)C1. The molecule has 0 spiro atoms. The van der Waals surface area contributed by atoms with Crippen LogP contribution in [0.15, 0.2) is 59.5 Å². The number of likely N-dealkylation sites (N-methyl/N-ethyl adjacent to an activating group) is 1. The second-order valence-electron chi connectivity index (χ2n) is 10.1. The van der Waals surface area contributed by atoms with Gasteiger partial charge in [-0.15, -0.1) is 0 Å². The normalized spacial score (nSPS) is 23.9. The van der Waals surface area contributed by atoms with Crippen LogP contribution < -0.4 is 15.4 Å². The van der Waals surface area contributed by atoms with E-state index in [-0.39, 0.29) is 58.5 Å². The molecule has 0 radical (unpaired) electrons. The van der Waals surface area contributed by atoms with E-state index in [1.165, 1.54) is 30.5 Å². The summed E-state index contributed by atoms with van der Waals surface area (Å²) in [5, 5.41) is 5.24. The highest BCUT2D eigenvalue weighted by atomic mass is 32.1. The molecule has 2 fully saturated rings. The number of H-pyrrole nitrogens is 1. The monoisotopic (exact) mass is 555 g/mol. The van der Waals surface area contributed by atoms with Gasteiger partial charge in [0, 0.05) is 43.9 Å². The van der Waals surface area contributed by atoms with Crippen molar-refractivity contribution in [2.24, 2.45) is 22.7 Å². The van der Waals surface area contributed by atoms with Crippen LogP contribution in [0.2, 0.25) is 0 Å². The molecular formula is C27H29F2N6O3S-. The number of halogens is 2. The molecule has 1 saturated carbocycles. The Morgan fingerprint density at radius 3 is 2.79 bits per heavy atom. The Morgan fingerprint density at radius 2 is 2.08 bits per heavy atom. The molecule has 4 atom stereocenters. The number of rotatable bonds is 7. The van der Waals surface area contributed by atoms with Crippen LogP contribution in [0, 0.1) is 23.6 Å². The molecule has 2 aromatic rings. The molecule has 1 aliphatic heterocycles. The van der Waals surface area contributed by atoms with Crippen LogP contribution in [0.5, 0.6) is 11.5 Å². The molecule has 1 aromatic heterocycles. The largest absolute Gasteiger partial charge is 0.742 e. The molecule has 5 rings (SSSR count). The molecule has 1 aromatic carbocycles. The van der Waals surface area contributed by atoms with Gasteiger partial charge in [0.15, 0.2) is 11.6 Å². The fourth-order valence-electron chi connectivity index (χ4n) is 4.99. The number of amides is 3. The van der Waals surface area contributed by atoms with Crippen LogP contribution in [0.4, 0.5) is 25.1 Å². The number of aromatic nitrogens is 1. The summed E-state index contributed by atoms with van der Waals surface area (Å²) in [6.07, 6.45) is 7.37. The van der Waals surface area contributed by atoms with Crippen LogP contribution >= 0.6 is 0 Å². The average molecular weight is 556 g/mol. The lowest BCUT2D eigenvalue weighted by Crippen LogP contribution is -2.36. The van der Waals surface area contributed by atoms with Crippen molar-refractivity contribution in [3.05, 3.63) is 60.3 Å². The highest BCUT2D eigenvalue weighted by molar-refractivity contribution is 7.77. The Hall–Kier alpha value is -3.77. The number of carbonyl (C=O) groups is 2. The molecule has 4 unspecified atom stereocenters. The highest BCUT2D eigenvalue weighted by Gasteiger charge is 2.49. The molecule has 9 nitrogen and oxygen atoms in total. The number of aliphatic imine (C=N–C) groups is 1. The van der Waals surface area contributed by atoms with Gasteiger partial charge in [0.25, 0.3) is 0 Å². The Labute approximate surface area is 230 Å². The van der Waals surface area contributed by atoms with Crippen LogP contribution in [0.1, 0.15) is 12.8 Å². The van der Waals surface area contributed by atoms with Gasteiger partial charge in [0.2, 0.25) is 5.91 Å². The van der Waals surface area contributed by atoms with Crippen LogP contribution in [-0.4, -0.2) is 65.1 Å². The third kappa shape index (κ3) is 6.45. The van der Waals surface area contributed by atoms with Crippen molar-refractivity contribution in [1.29, 1.82) is 0 Å². The van der Waals surface area contributed by atoms with Crippen molar-refractivity contribution in [1.82, 2.24) is 20.1 Å². The maximum absolute atomic E-state index is 14.7. The van der Waals surface area contributed by atoms with Crippen molar-refractivity contribution < 1.29 is 23.1 Å². The first-order valence-corrected chi connectivity index (χ1v) is 13.1. The fourth-order valence-corrected chi connectivity index (χ4v) is 5.21. The Morgan fingerprint density at radius 1 is 1.26 bits per heavy atom. The van der Waals surface area contributed by atoms with E-state index in [1.807, 2.05) is 14.1 Å². The Bertz CT molecular complexity index is 1360. The van der Waals surface area contributed by atoms with E-state index in [9.17, 15) is 18.4 Å². The fraction of sp³-hybridized carbons (Fsp3) is 0.370. The zero-order valence-corrected chi connectivity index (χ0v) is 22.3. The van der Waals surface area contributed by atoms with Crippen molar-refractivity contribution in [3.63, 3.8) is 0 Å². The number of carbonyl (C=O) groups excluding carboxylic acids is 2. The van der Waals surface area contributed by atoms with E-state index in [0.29, 0.717) is 30.7 Å². The Balaban J connectivity index is 1.12. The van der Waals surface area contributed by atoms with Crippen molar-refractivity contribution >= 4 is 41.2 Å². The van der Waals surface area contributed by atoms with Crippen LogP contribution in [0.3, 0.4) is 0 Å². The number of hydrogen-bond donors (Lipinski definition) is 3.